The molecule has 0 saturated carbocycles. The van der Waals surface area contributed by atoms with Crippen molar-refractivity contribution in [1.29, 1.82) is 5.26 Å². The first-order valence-corrected chi connectivity index (χ1v) is 12.4. The Hall–Kier alpha value is -4.29. The Morgan fingerprint density at radius 1 is 1.11 bits per heavy atom. The molecular formula is C28H24FN3O4S. The Morgan fingerprint density at radius 2 is 1.81 bits per heavy atom. The van der Waals surface area contributed by atoms with E-state index in [-0.39, 0.29) is 22.9 Å². The van der Waals surface area contributed by atoms with E-state index in [1.807, 2.05) is 13.0 Å². The third-order valence-corrected chi connectivity index (χ3v) is 6.89. The number of rotatable bonds is 8. The minimum absolute atomic E-state index is 0.0973. The number of anilines is 2. The van der Waals surface area contributed by atoms with Crippen LogP contribution in [0.5, 0.6) is 11.5 Å². The van der Waals surface area contributed by atoms with E-state index in [0.717, 1.165) is 11.8 Å². The third-order valence-electron chi connectivity index (χ3n) is 5.63. The standard InChI is InChI=1S/C28H24FN3O4S/c1-3-36-20-14-12-19(13-15-20)32-27(34)25(16-18-8-4-5-9-22(18)29)37-28(32)21(17-30)26(33)31-23-10-6-7-11-24(23)35-2/h4-15,25H,3,16H2,1-2H3,(H,31,33)/b28-21-. The van der Waals surface area contributed by atoms with Gasteiger partial charge in [-0.15, -0.1) is 0 Å². The number of amides is 2. The molecule has 1 saturated heterocycles. The van der Waals surface area contributed by atoms with Crippen molar-refractivity contribution in [3.63, 3.8) is 0 Å². The highest BCUT2D eigenvalue weighted by molar-refractivity contribution is 8.05. The summed E-state index contributed by atoms with van der Waals surface area (Å²) in [4.78, 5) is 28.2. The van der Waals surface area contributed by atoms with Gasteiger partial charge in [0.05, 0.1) is 24.7 Å². The molecule has 0 bridgehead atoms. The van der Waals surface area contributed by atoms with E-state index >= 15 is 0 Å². The number of hydrogen-bond donors (Lipinski definition) is 1. The molecule has 1 aliphatic rings. The van der Waals surface area contributed by atoms with Crippen LogP contribution in [0.15, 0.2) is 83.4 Å². The monoisotopic (exact) mass is 517 g/mol. The molecular weight excluding hydrogens is 493 g/mol. The van der Waals surface area contributed by atoms with Gasteiger partial charge in [0.1, 0.15) is 34.0 Å². The molecule has 1 aliphatic heterocycles. The zero-order valence-electron chi connectivity index (χ0n) is 20.2. The summed E-state index contributed by atoms with van der Waals surface area (Å²) in [7, 11) is 1.47. The van der Waals surface area contributed by atoms with Gasteiger partial charge in [-0.25, -0.2) is 4.39 Å². The molecule has 1 N–H and O–H groups in total. The van der Waals surface area contributed by atoms with Crippen LogP contribution in [0.25, 0.3) is 0 Å². The van der Waals surface area contributed by atoms with Gasteiger partial charge in [-0.1, -0.05) is 42.1 Å². The number of nitrogens with one attached hydrogen (secondary N) is 1. The lowest BCUT2D eigenvalue weighted by atomic mass is 10.1. The van der Waals surface area contributed by atoms with Gasteiger partial charge in [-0.2, -0.15) is 5.26 Å². The van der Waals surface area contributed by atoms with Gasteiger partial charge in [0.15, 0.2) is 0 Å². The number of halogens is 1. The van der Waals surface area contributed by atoms with Gasteiger partial charge in [0, 0.05) is 5.69 Å². The number of hydrogen-bond acceptors (Lipinski definition) is 6. The molecule has 2 amide bonds. The van der Waals surface area contributed by atoms with Crippen molar-refractivity contribution < 1.29 is 23.5 Å². The highest BCUT2D eigenvalue weighted by Crippen LogP contribution is 2.42. The number of ether oxygens (including phenoxy) is 2. The number of benzene rings is 3. The van der Waals surface area contributed by atoms with E-state index in [2.05, 4.69) is 5.32 Å². The molecule has 1 atom stereocenters. The van der Waals surface area contributed by atoms with Crippen molar-refractivity contribution in [2.75, 3.05) is 23.9 Å². The van der Waals surface area contributed by atoms with Gasteiger partial charge in [0.2, 0.25) is 5.91 Å². The predicted molar refractivity (Wildman–Crippen MR) is 141 cm³/mol. The van der Waals surface area contributed by atoms with Crippen LogP contribution in [0.3, 0.4) is 0 Å². The summed E-state index contributed by atoms with van der Waals surface area (Å²) in [5, 5.41) is 12.2. The lowest BCUT2D eigenvalue weighted by molar-refractivity contribution is -0.117. The van der Waals surface area contributed by atoms with Crippen LogP contribution in [-0.4, -0.2) is 30.8 Å². The molecule has 188 valence electrons. The highest BCUT2D eigenvalue weighted by atomic mass is 32.2. The summed E-state index contributed by atoms with van der Waals surface area (Å²) in [6.45, 7) is 2.34. The fourth-order valence-corrected chi connectivity index (χ4v) is 5.17. The Kier molecular flexibility index (Phi) is 8.11. The molecule has 1 fully saturated rings. The quantitative estimate of drug-likeness (QED) is 0.322. The van der Waals surface area contributed by atoms with E-state index < -0.39 is 17.0 Å². The van der Waals surface area contributed by atoms with Crippen molar-refractivity contribution in [3.8, 4) is 17.6 Å². The smallest absolute Gasteiger partial charge is 0.269 e. The average molecular weight is 518 g/mol. The number of nitriles is 1. The van der Waals surface area contributed by atoms with Gasteiger partial charge in [-0.05, 0) is 61.4 Å². The largest absolute Gasteiger partial charge is 0.495 e. The van der Waals surface area contributed by atoms with Crippen LogP contribution >= 0.6 is 11.8 Å². The van der Waals surface area contributed by atoms with E-state index in [9.17, 15) is 19.2 Å². The van der Waals surface area contributed by atoms with Crippen LogP contribution < -0.4 is 19.7 Å². The maximum atomic E-state index is 14.4. The first kappa shape index (κ1) is 25.8. The Morgan fingerprint density at radius 3 is 2.49 bits per heavy atom. The van der Waals surface area contributed by atoms with Gasteiger partial charge < -0.3 is 14.8 Å². The van der Waals surface area contributed by atoms with Crippen molar-refractivity contribution in [3.05, 3.63) is 94.8 Å². The number of carbonyl (C=O) groups excluding carboxylic acids is 2. The van der Waals surface area contributed by atoms with E-state index in [1.54, 1.807) is 66.7 Å². The fourth-order valence-electron chi connectivity index (χ4n) is 3.88. The van der Waals surface area contributed by atoms with Crippen LogP contribution in [0.1, 0.15) is 12.5 Å². The summed E-state index contributed by atoms with van der Waals surface area (Å²) in [5.74, 6) is -0.423. The zero-order chi connectivity index (χ0) is 26.4. The van der Waals surface area contributed by atoms with Crippen LogP contribution in [0.4, 0.5) is 15.8 Å². The second kappa shape index (κ2) is 11.6. The molecule has 0 aliphatic carbocycles. The number of para-hydroxylation sites is 2. The average Bonchev–Trinajstić information content (AvgIpc) is 3.22. The SMILES string of the molecule is CCOc1ccc(N2C(=O)C(Cc3ccccc3F)S/C2=C(/C#N)C(=O)Nc2ccccc2OC)cc1. The maximum Gasteiger partial charge on any atom is 0.269 e. The molecule has 1 heterocycles. The lowest BCUT2D eigenvalue weighted by Gasteiger charge is -2.19. The summed E-state index contributed by atoms with van der Waals surface area (Å²) >= 11 is 1.06. The van der Waals surface area contributed by atoms with Gasteiger partial charge in [-0.3, -0.25) is 14.5 Å². The summed E-state index contributed by atoms with van der Waals surface area (Å²) < 4.78 is 25.2. The van der Waals surface area contributed by atoms with Crippen molar-refractivity contribution in [1.82, 2.24) is 0 Å². The van der Waals surface area contributed by atoms with Crippen LogP contribution in [-0.2, 0) is 16.0 Å². The molecule has 3 aromatic rings. The van der Waals surface area contributed by atoms with Crippen molar-refractivity contribution in [2.45, 2.75) is 18.6 Å². The molecule has 0 aromatic heterocycles. The second-order valence-corrected chi connectivity index (χ2v) is 9.14. The van der Waals surface area contributed by atoms with Gasteiger partial charge in [0.25, 0.3) is 5.91 Å². The predicted octanol–water partition coefficient (Wildman–Crippen LogP) is 5.30. The zero-order valence-corrected chi connectivity index (χ0v) is 21.0. The normalized spacial score (nSPS) is 16.2. The summed E-state index contributed by atoms with van der Waals surface area (Å²) in [6.07, 6.45) is 0.0973. The first-order chi connectivity index (χ1) is 18.0. The van der Waals surface area contributed by atoms with E-state index in [0.29, 0.717) is 35.0 Å². The summed E-state index contributed by atoms with van der Waals surface area (Å²) in [5.41, 5.74) is 0.977. The van der Waals surface area contributed by atoms with Gasteiger partial charge >= 0.3 is 0 Å². The topological polar surface area (TPSA) is 91.7 Å². The number of methoxy groups -OCH3 is 1. The molecule has 4 rings (SSSR count). The highest BCUT2D eigenvalue weighted by Gasteiger charge is 2.41. The number of thioether (sulfide) groups is 1. The third kappa shape index (κ3) is 5.60. The Labute approximate surface area is 218 Å². The van der Waals surface area contributed by atoms with Crippen LogP contribution in [0, 0.1) is 17.1 Å². The molecule has 9 heteroatoms. The molecule has 0 spiro atoms. The summed E-state index contributed by atoms with van der Waals surface area (Å²) in [6, 6.07) is 21.8. The van der Waals surface area contributed by atoms with E-state index in [4.69, 9.17) is 9.47 Å². The fraction of sp³-hybridized carbons (Fsp3) is 0.179. The molecule has 0 radical (unpaired) electrons. The van der Waals surface area contributed by atoms with E-state index in [1.165, 1.54) is 18.1 Å². The van der Waals surface area contributed by atoms with Crippen molar-refractivity contribution in [2.24, 2.45) is 0 Å². The molecule has 1 unspecified atom stereocenters. The lowest BCUT2D eigenvalue weighted by Crippen LogP contribution is -2.31. The Balaban J connectivity index is 1.74. The van der Waals surface area contributed by atoms with Crippen LogP contribution in [0.2, 0.25) is 0 Å². The Bertz CT molecular complexity index is 1380. The molecule has 7 nitrogen and oxygen atoms in total. The molecule has 37 heavy (non-hydrogen) atoms. The number of nitrogens with zero attached hydrogens (tertiary/aromatic N) is 2. The maximum absolute atomic E-state index is 14.4. The first-order valence-electron chi connectivity index (χ1n) is 11.5. The minimum Gasteiger partial charge on any atom is -0.495 e. The second-order valence-electron chi connectivity index (χ2n) is 7.95. The minimum atomic E-state index is -0.735. The van der Waals surface area contributed by atoms with Crippen molar-refractivity contribution >= 4 is 35.0 Å². The molecule has 3 aromatic carbocycles. The number of carbonyl (C=O) groups is 2.